The highest BCUT2D eigenvalue weighted by atomic mass is 31.1. The van der Waals surface area contributed by atoms with Crippen LogP contribution in [0.1, 0.15) is 12.8 Å². The van der Waals surface area contributed by atoms with Gasteiger partial charge in [-0.05, 0) is 54.7 Å². The van der Waals surface area contributed by atoms with Crippen molar-refractivity contribution < 1.29 is 0 Å². The Labute approximate surface area is 170 Å². The molecule has 0 radical (unpaired) electrons. The maximum absolute atomic E-state index is 2.36. The highest BCUT2D eigenvalue weighted by Gasteiger charge is 2.31. The van der Waals surface area contributed by atoms with E-state index in [1.807, 2.05) is 0 Å². The second-order valence-electron chi connectivity index (χ2n) is 6.61. The van der Waals surface area contributed by atoms with Gasteiger partial charge in [0.15, 0.2) is 0 Å². The van der Waals surface area contributed by atoms with Crippen molar-refractivity contribution in [2.45, 2.75) is 18.5 Å². The van der Waals surface area contributed by atoms with Crippen molar-refractivity contribution in [1.82, 2.24) is 0 Å². The Bertz CT molecular complexity index is 742. The van der Waals surface area contributed by atoms with Gasteiger partial charge in [0.2, 0.25) is 0 Å². The monoisotopic (exact) mass is 390 g/mol. The molecule has 0 bridgehead atoms. The molecule has 0 aliphatic carbocycles. The molecule has 27 heavy (non-hydrogen) atoms. The summed E-state index contributed by atoms with van der Waals surface area (Å²) in [6.07, 6.45) is 5.55. The van der Waals surface area contributed by atoms with Crippen molar-refractivity contribution in [3.05, 3.63) is 91.0 Å². The smallest absolute Gasteiger partial charge is 0.0718 e. The van der Waals surface area contributed by atoms with E-state index in [-0.39, 0.29) is 32.7 Å². The number of hydrogen-bond donors (Lipinski definition) is 0. The fraction of sp³-hybridized carbons (Fsp3) is 0.217. The van der Waals surface area contributed by atoms with E-state index in [1.54, 1.807) is 5.30 Å². The first-order valence-electron chi connectivity index (χ1n) is 9.11. The van der Waals surface area contributed by atoms with Crippen LogP contribution in [-0.4, -0.2) is 34.8 Å². The maximum Gasteiger partial charge on any atom is 0.0814 e. The molecule has 3 aromatic rings. The van der Waals surface area contributed by atoms with E-state index in [1.165, 1.54) is 35.8 Å². The SMILES string of the molecule is B.B.c1ccc(P(C[C@@H]2CCC[P@]2c2ccccc2)c2ccccc2)cc1. The van der Waals surface area contributed by atoms with Gasteiger partial charge in [-0.1, -0.05) is 98.9 Å². The van der Waals surface area contributed by atoms with Gasteiger partial charge in [-0.15, -0.1) is 0 Å². The molecule has 0 amide bonds. The van der Waals surface area contributed by atoms with Crippen molar-refractivity contribution >= 4 is 48.6 Å². The zero-order valence-corrected chi connectivity index (χ0v) is 16.2. The third-order valence-corrected chi connectivity index (χ3v) is 11.0. The van der Waals surface area contributed by atoms with Crippen LogP contribution in [0.5, 0.6) is 0 Å². The first-order chi connectivity index (χ1) is 12.4. The van der Waals surface area contributed by atoms with Crippen LogP contribution in [0.3, 0.4) is 0 Å². The molecule has 138 valence electrons. The highest BCUT2D eigenvalue weighted by Crippen LogP contribution is 2.53. The van der Waals surface area contributed by atoms with Crippen LogP contribution in [0.2, 0.25) is 0 Å². The molecule has 4 rings (SSSR count). The minimum atomic E-state index is -0.263. The summed E-state index contributed by atoms with van der Waals surface area (Å²) < 4.78 is 0. The molecule has 1 fully saturated rings. The summed E-state index contributed by atoms with van der Waals surface area (Å²) in [5.41, 5.74) is 0.865. The minimum absolute atomic E-state index is 0. The number of benzene rings is 3. The predicted molar refractivity (Wildman–Crippen MR) is 135 cm³/mol. The van der Waals surface area contributed by atoms with Gasteiger partial charge in [0.25, 0.3) is 0 Å². The third-order valence-electron chi connectivity index (χ3n) is 4.99. The molecule has 0 N–H and O–H groups in total. The van der Waals surface area contributed by atoms with E-state index in [4.69, 9.17) is 0 Å². The predicted octanol–water partition coefficient (Wildman–Crippen LogP) is 2.72. The van der Waals surface area contributed by atoms with Crippen LogP contribution in [0.15, 0.2) is 91.0 Å². The van der Waals surface area contributed by atoms with Crippen LogP contribution < -0.4 is 15.9 Å². The van der Waals surface area contributed by atoms with Crippen LogP contribution >= 0.6 is 15.8 Å². The minimum Gasteiger partial charge on any atom is -0.0718 e. The summed E-state index contributed by atoms with van der Waals surface area (Å²) >= 11 is 0. The van der Waals surface area contributed by atoms with Gasteiger partial charge in [-0.25, -0.2) is 0 Å². The standard InChI is InChI=1S/C23H24P2.2BH3/c1-4-11-20(12-5-1)24-18-10-17-23(24)19-25(21-13-6-2-7-14-21)22-15-8-3-9-16-22;;/h1-9,11-16,23H,10,17-19H2;2*1H3/t23-,24+;;/m0../s1. The lowest BCUT2D eigenvalue weighted by atomic mass is 10.3. The van der Waals surface area contributed by atoms with Crippen molar-refractivity contribution in [2.24, 2.45) is 0 Å². The second kappa shape index (κ2) is 10.8. The Kier molecular flexibility index (Phi) is 8.82. The van der Waals surface area contributed by atoms with Gasteiger partial charge < -0.3 is 0 Å². The molecule has 0 nitrogen and oxygen atoms in total. The van der Waals surface area contributed by atoms with E-state index >= 15 is 0 Å². The normalized spacial score (nSPS) is 18.6. The molecular weight excluding hydrogens is 360 g/mol. The van der Waals surface area contributed by atoms with Crippen LogP contribution in [-0.2, 0) is 0 Å². The lowest BCUT2D eigenvalue weighted by molar-refractivity contribution is 0.841. The summed E-state index contributed by atoms with van der Waals surface area (Å²) in [5, 5.41) is 4.66. The van der Waals surface area contributed by atoms with Gasteiger partial charge in [0.05, 0.1) is 16.8 Å². The molecule has 1 aliphatic heterocycles. The second-order valence-corrected chi connectivity index (χ2v) is 11.5. The molecular formula is C23H30B2P2. The molecule has 0 unspecified atom stereocenters. The van der Waals surface area contributed by atoms with Gasteiger partial charge in [0, 0.05) is 0 Å². The van der Waals surface area contributed by atoms with Crippen LogP contribution in [0, 0.1) is 0 Å². The fourth-order valence-electron chi connectivity index (χ4n) is 3.77. The van der Waals surface area contributed by atoms with Crippen molar-refractivity contribution in [3.8, 4) is 0 Å². The molecule has 1 aliphatic rings. The molecule has 2 atom stereocenters. The summed E-state index contributed by atoms with van der Waals surface area (Å²) in [6, 6.07) is 33.7. The topological polar surface area (TPSA) is 0 Å². The molecule has 1 saturated heterocycles. The highest BCUT2D eigenvalue weighted by molar-refractivity contribution is 7.74. The largest absolute Gasteiger partial charge is 0.0814 e. The van der Waals surface area contributed by atoms with E-state index in [0.29, 0.717) is 0 Å². The quantitative estimate of drug-likeness (QED) is 0.465. The average molecular weight is 390 g/mol. The lowest BCUT2D eigenvalue weighted by Crippen LogP contribution is -2.21. The summed E-state index contributed by atoms with van der Waals surface area (Å²) in [7, 11) is -0.263. The zero-order valence-electron chi connectivity index (χ0n) is 14.5. The average Bonchev–Trinajstić information content (AvgIpc) is 3.16. The maximum atomic E-state index is 2.36. The molecule has 3 aromatic carbocycles. The van der Waals surface area contributed by atoms with Crippen LogP contribution in [0.25, 0.3) is 0 Å². The van der Waals surface area contributed by atoms with Crippen LogP contribution in [0.4, 0.5) is 0 Å². The van der Waals surface area contributed by atoms with Crippen molar-refractivity contribution in [3.63, 3.8) is 0 Å². The van der Waals surface area contributed by atoms with E-state index in [2.05, 4.69) is 91.0 Å². The van der Waals surface area contributed by atoms with Crippen molar-refractivity contribution in [2.75, 3.05) is 12.3 Å². The molecule has 0 aromatic heterocycles. The Morgan fingerprint density at radius 3 is 1.70 bits per heavy atom. The molecule has 0 spiro atoms. The van der Waals surface area contributed by atoms with Gasteiger partial charge in [0.1, 0.15) is 0 Å². The lowest BCUT2D eigenvalue weighted by Gasteiger charge is -2.27. The summed E-state index contributed by atoms with van der Waals surface area (Å²) in [5.74, 6) is 0. The summed E-state index contributed by atoms with van der Waals surface area (Å²) in [6.45, 7) is 0. The zero-order chi connectivity index (χ0) is 16.9. The van der Waals surface area contributed by atoms with E-state index in [0.717, 1.165) is 5.66 Å². The van der Waals surface area contributed by atoms with Crippen molar-refractivity contribution in [1.29, 1.82) is 0 Å². The first-order valence-corrected chi connectivity index (χ1v) is 12.2. The van der Waals surface area contributed by atoms with Gasteiger partial charge in [-0.3, -0.25) is 0 Å². The Hall–Kier alpha value is -1.35. The third kappa shape index (κ3) is 5.34. The molecule has 0 saturated carbocycles. The number of hydrogen-bond acceptors (Lipinski definition) is 0. The Balaban J connectivity index is 0.00000131. The first kappa shape index (κ1) is 21.9. The summed E-state index contributed by atoms with van der Waals surface area (Å²) in [4.78, 5) is 0. The Morgan fingerprint density at radius 2 is 1.19 bits per heavy atom. The van der Waals surface area contributed by atoms with E-state index < -0.39 is 0 Å². The molecule has 4 heteroatoms. The Morgan fingerprint density at radius 1 is 0.704 bits per heavy atom. The van der Waals surface area contributed by atoms with Gasteiger partial charge >= 0.3 is 0 Å². The number of rotatable bonds is 5. The van der Waals surface area contributed by atoms with Gasteiger partial charge in [-0.2, -0.15) is 0 Å². The molecule has 1 heterocycles. The van der Waals surface area contributed by atoms with E-state index in [9.17, 15) is 0 Å². The fourth-order valence-corrected chi connectivity index (χ4v) is 10.1.